The van der Waals surface area contributed by atoms with Crippen molar-refractivity contribution >= 4 is 17.8 Å². The van der Waals surface area contributed by atoms with Crippen LogP contribution >= 0.6 is 0 Å². The molecule has 1 aromatic rings. The van der Waals surface area contributed by atoms with Gasteiger partial charge in [-0.3, -0.25) is 20.3 Å². The number of carbonyl (C=O) groups excluding carboxylic acids is 3. The van der Waals surface area contributed by atoms with Gasteiger partial charge in [-0.2, -0.15) is 0 Å². The van der Waals surface area contributed by atoms with E-state index in [1.165, 1.54) is 5.56 Å². The molecule has 6 nitrogen and oxygen atoms in total. The predicted molar refractivity (Wildman–Crippen MR) is 77.1 cm³/mol. The highest BCUT2D eigenvalue weighted by Crippen LogP contribution is 2.08. The van der Waals surface area contributed by atoms with E-state index in [4.69, 9.17) is 0 Å². The average molecular weight is 289 g/mol. The Kier molecular flexibility index (Phi) is 4.92. The van der Waals surface area contributed by atoms with E-state index in [1.54, 1.807) is 0 Å². The highest BCUT2D eigenvalue weighted by Gasteiger charge is 2.27. The van der Waals surface area contributed by atoms with Crippen LogP contribution in [0, 0.1) is 0 Å². The summed E-state index contributed by atoms with van der Waals surface area (Å²) >= 11 is 0. The van der Waals surface area contributed by atoms with Gasteiger partial charge in [-0.15, -0.1) is 0 Å². The number of hydrogen-bond acceptors (Lipinski definition) is 3. The van der Waals surface area contributed by atoms with E-state index in [2.05, 4.69) is 17.7 Å². The quantitative estimate of drug-likeness (QED) is 0.771. The number of amides is 4. The lowest BCUT2D eigenvalue weighted by Crippen LogP contribution is -2.44. The molecule has 0 spiro atoms. The van der Waals surface area contributed by atoms with Gasteiger partial charge in [0.25, 0.3) is 0 Å². The maximum atomic E-state index is 11.8. The van der Waals surface area contributed by atoms with E-state index in [0.717, 1.165) is 29.8 Å². The van der Waals surface area contributed by atoms with E-state index in [-0.39, 0.29) is 18.9 Å². The van der Waals surface area contributed by atoms with Crippen LogP contribution in [-0.2, 0) is 22.4 Å². The molecule has 0 unspecified atom stereocenters. The maximum Gasteiger partial charge on any atom is 0.343 e. The van der Waals surface area contributed by atoms with Gasteiger partial charge in [0, 0.05) is 0 Å². The van der Waals surface area contributed by atoms with Crippen LogP contribution in [0.2, 0.25) is 0 Å². The van der Waals surface area contributed by atoms with Crippen molar-refractivity contribution in [3.05, 3.63) is 35.4 Å². The van der Waals surface area contributed by atoms with E-state index in [9.17, 15) is 14.4 Å². The summed E-state index contributed by atoms with van der Waals surface area (Å²) in [7, 11) is 0. The monoisotopic (exact) mass is 289 g/mol. The molecule has 0 aromatic heterocycles. The van der Waals surface area contributed by atoms with Gasteiger partial charge >= 0.3 is 6.03 Å². The smallest absolute Gasteiger partial charge is 0.275 e. The first-order valence-electron chi connectivity index (χ1n) is 7.07. The van der Waals surface area contributed by atoms with Gasteiger partial charge < -0.3 is 0 Å². The average Bonchev–Trinajstić information content (AvgIpc) is 2.76. The number of nitrogens with one attached hydrogen (secondary N) is 2. The minimum atomic E-state index is -0.594. The molecular formula is C15H19N3O3. The number of benzene rings is 1. The molecule has 4 amide bonds. The van der Waals surface area contributed by atoms with Crippen LogP contribution in [-0.4, -0.2) is 29.4 Å². The van der Waals surface area contributed by atoms with Crippen LogP contribution in [0.1, 0.15) is 30.9 Å². The Balaban J connectivity index is 1.85. The van der Waals surface area contributed by atoms with Crippen molar-refractivity contribution in [2.45, 2.75) is 32.6 Å². The van der Waals surface area contributed by atoms with Gasteiger partial charge in [-0.05, 0) is 24.0 Å². The first-order chi connectivity index (χ1) is 10.1. The largest absolute Gasteiger partial charge is 0.343 e. The van der Waals surface area contributed by atoms with Gasteiger partial charge in [0.05, 0.1) is 6.42 Å². The Bertz CT molecular complexity index is 540. The zero-order valence-electron chi connectivity index (χ0n) is 12.0. The number of imide groups is 1. The van der Waals surface area contributed by atoms with Crippen molar-refractivity contribution < 1.29 is 14.4 Å². The van der Waals surface area contributed by atoms with Crippen LogP contribution < -0.4 is 10.7 Å². The molecule has 2 N–H and O–H groups in total. The van der Waals surface area contributed by atoms with Gasteiger partial charge in [-0.1, -0.05) is 37.6 Å². The number of unbranched alkanes of at least 4 members (excludes halogenated alkanes) is 1. The molecule has 0 bridgehead atoms. The molecule has 0 atom stereocenters. The van der Waals surface area contributed by atoms with E-state index < -0.39 is 11.9 Å². The van der Waals surface area contributed by atoms with Crippen molar-refractivity contribution in [2.24, 2.45) is 0 Å². The van der Waals surface area contributed by atoms with Crippen molar-refractivity contribution in [3.63, 3.8) is 0 Å². The summed E-state index contributed by atoms with van der Waals surface area (Å²) in [6.07, 6.45) is 3.52. The number of carbonyl (C=O) groups is 3. The first-order valence-corrected chi connectivity index (χ1v) is 7.07. The third kappa shape index (κ3) is 4.30. The van der Waals surface area contributed by atoms with E-state index in [1.807, 2.05) is 24.3 Å². The molecule has 0 saturated carbocycles. The Hall–Kier alpha value is -2.37. The van der Waals surface area contributed by atoms with Crippen LogP contribution in [0.5, 0.6) is 0 Å². The number of rotatable bonds is 6. The van der Waals surface area contributed by atoms with Gasteiger partial charge in [0.15, 0.2) is 0 Å². The molecule has 0 aliphatic carbocycles. The summed E-state index contributed by atoms with van der Waals surface area (Å²) in [4.78, 5) is 34.1. The minimum absolute atomic E-state index is 0.138. The van der Waals surface area contributed by atoms with Crippen molar-refractivity contribution in [1.29, 1.82) is 0 Å². The third-order valence-corrected chi connectivity index (χ3v) is 3.26. The second-order valence-corrected chi connectivity index (χ2v) is 5.07. The van der Waals surface area contributed by atoms with Crippen LogP contribution in [0.25, 0.3) is 0 Å². The first kappa shape index (κ1) is 15.0. The Morgan fingerprint density at radius 3 is 2.48 bits per heavy atom. The summed E-state index contributed by atoms with van der Waals surface area (Å²) < 4.78 is 0. The van der Waals surface area contributed by atoms with E-state index >= 15 is 0 Å². The highest BCUT2D eigenvalue weighted by atomic mass is 16.2. The molecule has 2 rings (SSSR count). The van der Waals surface area contributed by atoms with Gasteiger partial charge in [-0.25, -0.2) is 9.80 Å². The molecule has 0 radical (unpaired) electrons. The molecular weight excluding hydrogens is 270 g/mol. The molecule has 1 fully saturated rings. The second kappa shape index (κ2) is 6.88. The normalized spacial score (nSPS) is 14.2. The number of urea groups is 1. The summed E-state index contributed by atoms with van der Waals surface area (Å²) in [6, 6.07) is 7.28. The Morgan fingerprint density at radius 2 is 1.90 bits per heavy atom. The minimum Gasteiger partial charge on any atom is -0.275 e. The topological polar surface area (TPSA) is 78.5 Å². The molecule has 1 aliphatic rings. The molecule has 21 heavy (non-hydrogen) atoms. The highest BCUT2D eigenvalue weighted by molar-refractivity contribution is 6.02. The Morgan fingerprint density at radius 1 is 1.24 bits per heavy atom. The zero-order valence-corrected chi connectivity index (χ0v) is 12.0. The fraction of sp³-hybridized carbons (Fsp3) is 0.400. The van der Waals surface area contributed by atoms with E-state index in [0.29, 0.717) is 0 Å². The fourth-order valence-electron chi connectivity index (χ4n) is 2.11. The molecule has 1 aliphatic heterocycles. The molecule has 1 aromatic carbocycles. The van der Waals surface area contributed by atoms with Gasteiger partial charge in [0.2, 0.25) is 11.8 Å². The fourth-order valence-corrected chi connectivity index (χ4v) is 2.11. The number of nitrogens with zero attached hydrogens (tertiary/aromatic N) is 1. The lowest BCUT2D eigenvalue weighted by molar-refractivity contribution is -0.124. The van der Waals surface area contributed by atoms with Gasteiger partial charge in [0.1, 0.15) is 6.54 Å². The predicted octanol–water partition coefficient (Wildman–Crippen LogP) is 1.15. The number of aryl methyl sites for hydroxylation is 1. The van der Waals surface area contributed by atoms with Crippen LogP contribution in [0.15, 0.2) is 24.3 Å². The summed E-state index contributed by atoms with van der Waals surface area (Å²) in [5.41, 5.74) is 4.55. The lowest BCUT2D eigenvalue weighted by atomic mass is 10.0. The molecule has 1 saturated heterocycles. The van der Waals surface area contributed by atoms with Crippen molar-refractivity contribution in [2.75, 3.05) is 6.54 Å². The maximum absolute atomic E-state index is 11.8. The van der Waals surface area contributed by atoms with Crippen molar-refractivity contribution in [1.82, 2.24) is 15.8 Å². The summed E-state index contributed by atoms with van der Waals surface area (Å²) in [5.74, 6) is -0.735. The zero-order chi connectivity index (χ0) is 15.2. The Labute approximate surface area is 123 Å². The standard InChI is InChI=1S/C15H19N3O3/c1-2-3-4-11-5-7-12(8-6-11)9-13(19)17-18-10-14(20)16-15(18)21/h5-8H,2-4,9-10H2,1H3,(H,17,19)(H,16,20,21). The molecule has 1 heterocycles. The second-order valence-electron chi connectivity index (χ2n) is 5.07. The summed E-state index contributed by atoms with van der Waals surface area (Å²) in [6.45, 7) is 2.01. The number of hydrazine groups is 1. The van der Waals surface area contributed by atoms with Crippen LogP contribution in [0.4, 0.5) is 4.79 Å². The number of hydrogen-bond donors (Lipinski definition) is 2. The van der Waals surface area contributed by atoms with Crippen LogP contribution in [0.3, 0.4) is 0 Å². The molecule has 6 heteroatoms. The molecule has 112 valence electrons. The SMILES string of the molecule is CCCCc1ccc(CC(=O)NN2CC(=O)NC2=O)cc1. The lowest BCUT2D eigenvalue weighted by Gasteiger charge is -2.14. The van der Waals surface area contributed by atoms with Crippen molar-refractivity contribution in [3.8, 4) is 0 Å². The summed E-state index contributed by atoms with van der Waals surface area (Å²) in [5, 5.41) is 3.08. The third-order valence-electron chi connectivity index (χ3n) is 3.26.